The summed E-state index contributed by atoms with van der Waals surface area (Å²) in [5, 5.41) is 8.62. The highest BCUT2D eigenvalue weighted by atomic mass is 19.4. The van der Waals surface area contributed by atoms with Crippen molar-refractivity contribution in [2.24, 2.45) is 0 Å². The minimum absolute atomic E-state index is 0.284. The Morgan fingerprint density at radius 3 is 2.53 bits per heavy atom. The molecule has 0 radical (unpaired) electrons. The summed E-state index contributed by atoms with van der Waals surface area (Å²) in [6, 6.07) is 1.02. The lowest BCUT2D eigenvalue weighted by atomic mass is 10.1. The number of pyridine rings is 1. The van der Waals surface area contributed by atoms with E-state index in [-0.39, 0.29) is 11.4 Å². The molecule has 19 heavy (non-hydrogen) atoms. The zero-order valence-electron chi connectivity index (χ0n) is 9.62. The molecular formula is C10H9F4NO4. The predicted octanol–water partition coefficient (Wildman–Crippen LogP) is 2.09. The van der Waals surface area contributed by atoms with Crippen LogP contribution in [0.15, 0.2) is 6.07 Å². The molecule has 1 aromatic heterocycles. The van der Waals surface area contributed by atoms with Crippen LogP contribution in [0.1, 0.15) is 11.1 Å². The molecule has 0 saturated carbocycles. The van der Waals surface area contributed by atoms with Gasteiger partial charge in [-0.05, 0) is 5.56 Å². The predicted molar refractivity (Wildman–Crippen MR) is 53.6 cm³/mol. The van der Waals surface area contributed by atoms with Gasteiger partial charge in [0, 0.05) is 11.6 Å². The normalized spacial score (nSPS) is 11.2. The van der Waals surface area contributed by atoms with Crippen molar-refractivity contribution in [1.29, 1.82) is 0 Å². The maximum absolute atomic E-state index is 12.8. The zero-order valence-corrected chi connectivity index (χ0v) is 9.62. The first-order chi connectivity index (χ1) is 8.76. The first kappa shape index (κ1) is 15.0. The van der Waals surface area contributed by atoms with Crippen LogP contribution in [0.25, 0.3) is 0 Å². The van der Waals surface area contributed by atoms with E-state index in [4.69, 9.17) is 5.11 Å². The molecule has 1 aromatic rings. The molecule has 0 atom stereocenters. The van der Waals surface area contributed by atoms with Crippen molar-refractivity contribution >= 4 is 5.97 Å². The summed E-state index contributed by atoms with van der Waals surface area (Å²) in [6.45, 7) is -1.17. The van der Waals surface area contributed by atoms with Crippen molar-refractivity contribution in [2.45, 2.75) is 19.5 Å². The molecule has 0 aliphatic heterocycles. The number of ether oxygens (including phenoxy) is 2. The molecule has 0 aliphatic rings. The van der Waals surface area contributed by atoms with E-state index >= 15 is 0 Å². The number of aliphatic carboxylic acids is 1. The molecular weight excluding hydrogens is 274 g/mol. The quantitative estimate of drug-likeness (QED) is 0.838. The first-order valence-electron chi connectivity index (χ1n) is 4.87. The molecule has 0 fully saturated rings. The van der Waals surface area contributed by atoms with E-state index < -0.39 is 36.9 Å². The summed E-state index contributed by atoms with van der Waals surface area (Å²) in [5.74, 6) is -2.77. The second-order valence-electron chi connectivity index (χ2n) is 3.36. The van der Waals surface area contributed by atoms with Gasteiger partial charge in [-0.15, -0.1) is 13.2 Å². The number of carboxylic acid groups (broad SMARTS) is 1. The summed E-state index contributed by atoms with van der Waals surface area (Å²) in [6.07, 6.45) is -5.91. The number of nitrogens with zero attached hydrogens (tertiary/aromatic N) is 1. The van der Waals surface area contributed by atoms with Crippen molar-refractivity contribution in [2.75, 3.05) is 7.11 Å². The molecule has 9 heteroatoms. The lowest BCUT2D eigenvalue weighted by Crippen LogP contribution is -2.20. The van der Waals surface area contributed by atoms with E-state index in [1.807, 2.05) is 0 Å². The molecule has 1 rings (SSSR count). The minimum atomic E-state index is -5.07. The maximum Gasteiger partial charge on any atom is 0.574 e. The SMILES string of the molecule is COc1cc(CF)c(CC(=O)O)c(OC(F)(F)F)n1. The van der Waals surface area contributed by atoms with Crippen molar-refractivity contribution in [1.82, 2.24) is 4.98 Å². The van der Waals surface area contributed by atoms with Gasteiger partial charge in [-0.25, -0.2) is 4.39 Å². The van der Waals surface area contributed by atoms with Crippen LogP contribution in [0.4, 0.5) is 17.6 Å². The third-order valence-electron chi connectivity index (χ3n) is 2.05. The smallest absolute Gasteiger partial charge is 0.481 e. The van der Waals surface area contributed by atoms with Crippen LogP contribution in [-0.2, 0) is 17.9 Å². The van der Waals surface area contributed by atoms with Crippen LogP contribution in [0, 0.1) is 0 Å². The number of carboxylic acids is 1. The van der Waals surface area contributed by atoms with Gasteiger partial charge < -0.3 is 14.6 Å². The molecule has 0 amide bonds. The first-order valence-corrected chi connectivity index (χ1v) is 4.87. The van der Waals surface area contributed by atoms with E-state index in [0.717, 1.165) is 13.2 Å². The van der Waals surface area contributed by atoms with Gasteiger partial charge in [0.15, 0.2) is 0 Å². The summed E-state index contributed by atoms with van der Waals surface area (Å²) < 4.78 is 57.5. The summed E-state index contributed by atoms with van der Waals surface area (Å²) in [7, 11) is 1.12. The third-order valence-corrected chi connectivity index (χ3v) is 2.05. The molecule has 0 aliphatic carbocycles. The largest absolute Gasteiger partial charge is 0.574 e. The second kappa shape index (κ2) is 5.72. The highest BCUT2D eigenvalue weighted by Gasteiger charge is 2.34. The number of hydrogen-bond acceptors (Lipinski definition) is 4. The van der Waals surface area contributed by atoms with Gasteiger partial charge in [0.1, 0.15) is 6.67 Å². The molecule has 0 bridgehead atoms. The Morgan fingerprint density at radius 1 is 1.47 bits per heavy atom. The van der Waals surface area contributed by atoms with Gasteiger partial charge >= 0.3 is 12.3 Å². The van der Waals surface area contributed by atoms with Crippen LogP contribution >= 0.6 is 0 Å². The van der Waals surface area contributed by atoms with E-state index in [1.165, 1.54) is 0 Å². The molecule has 0 unspecified atom stereocenters. The lowest BCUT2D eigenvalue weighted by Gasteiger charge is -2.14. The average molecular weight is 283 g/mol. The van der Waals surface area contributed by atoms with Gasteiger partial charge in [-0.1, -0.05) is 0 Å². The minimum Gasteiger partial charge on any atom is -0.481 e. The van der Waals surface area contributed by atoms with Gasteiger partial charge in [0.05, 0.1) is 13.5 Å². The number of alkyl halides is 4. The van der Waals surface area contributed by atoms with E-state index in [0.29, 0.717) is 0 Å². The third kappa shape index (κ3) is 4.27. The number of rotatable bonds is 5. The second-order valence-corrected chi connectivity index (χ2v) is 3.36. The molecule has 0 saturated heterocycles. The molecule has 0 spiro atoms. The molecule has 106 valence electrons. The van der Waals surface area contributed by atoms with Crippen molar-refractivity contribution in [3.63, 3.8) is 0 Å². The van der Waals surface area contributed by atoms with Gasteiger partial charge in [-0.3, -0.25) is 4.79 Å². The summed E-state index contributed by atoms with van der Waals surface area (Å²) in [5.41, 5.74) is -0.762. The number of halogens is 4. The number of methoxy groups -OCH3 is 1. The van der Waals surface area contributed by atoms with Crippen molar-refractivity contribution < 1.29 is 36.9 Å². The molecule has 0 aromatic carbocycles. The fraction of sp³-hybridized carbons (Fsp3) is 0.400. The van der Waals surface area contributed by atoms with Crippen molar-refractivity contribution in [3.05, 3.63) is 17.2 Å². The van der Waals surface area contributed by atoms with E-state index in [1.54, 1.807) is 0 Å². The topological polar surface area (TPSA) is 68.7 Å². The molecule has 5 nitrogen and oxygen atoms in total. The lowest BCUT2D eigenvalue weighted by molar-refractivity contribution is -0.276. The fourth-order valence-electron chi connectivity index (χ4n) is 1.33. The van der Waals surface area contributed by atoms with Crippen LogP contribution in [0.5, 0.6) is 11.8 Å². The Morgan fingerprint density at radius 2 is 2.11 bits per heavy atom. The summed E-state index contributed by atoms with van der Waals surface area (Å²) >= 11 is 0. The standard InChI is InChI=1S/C10H9F4NO4/c1-18-7-2-5(4-11)6(3-8(16)17)9(15-7)19-10(12,13)14/h2H,3-4H2,1H3,(H,16,17). The Kier molecular flexibility index (Phi) is 4.52. The van der Waals surface area contributed by atoms with E-state index in [2.05, 4.69) is 14.5 Å². The fourth-order valence-corrected chi connectivity index (χ4v) is 1.33. The number of hydrogen-bond donors (Lipinski definition) is 1. The number of carbonyl (C=O) groups is 1. The van der Waals surface area contributed by atoms with Crippen molar-refractivity contribution in [3.8, 4) is 11.8 Å². The van der Waals surface area contributed by atoms with E-state index in [9.17, 15) is 22.4 Å². The van der Waals surface area contributed by atoms with Crippen LogP contribution < -0.4 is 9.47 Å². The van der Waals surface area contributed by atoms with Crippen LogP contribution in [0.2, 0.25) is 0 Å². The Hall–Kier alpha value is -2.06. The highest BCUT2D eigenvalue weighted by Crippen LogP contribution is 2.30. The monoisotopic (exact) mass is 283 g/mol. The van der Waals surface area contributed by atoms with Crippen LogP contribution in [0.3, 0.4) is 0 Å². The molecule has 1 heterocycles. The highest BCUT2D eigenvalue weighted by molar-refractivity contribution is 5.71. The number of aromatic nitrogens is 1. The van der Waals surface area contributed by atoms with Gasteiger partial charge in [-0.2, -0.15) is 4.98 Å². The Balaban J connectivity index is 3.32. The summed E-state index contributed by atoms with van der Waals surface area (Å²) in [4.78, 5) is 13.9. The van der Waals surface area contributed by atoms with Gasteiger partial charge in [0.25, 0.3) is 0 Å². The zero-order chi connectivity index (χ0) is 14.6. The average Bonchev–Trinajstić information content (AvgIpc) is 2.28. The van der Waals surface area contributed by atoms with Gasteiger partial charge in [0.2, 0.25) is 11.8 Å². The van der Waals surface area contributed by atoms with Crippen LogP contribution in [-0.4, -0.2) is 29.5 Å². The maximum atomic E-state index is 12.8. The Bertz CT molecular complexity index is 475. The molecule has 1 N–H and O–H groups in total. The Labute approximate surface area is 104 Å².